The predicted octanol–water partition coefficient (Wildman–Crippen LogP) is 4.92. The largest absolute Gasteiger partial charge is 0.417 e. The summed E-state index contributed by atoms with van der Waals surface area (Å²) in [6.45, 7) is 0. The molecule has 0 atom stereocenters. The van der Waals surface area contributed by atoms with E-state index in [9.17, 15) is 22.4 Å². The van der Waals surface area contributed by atoms with E-state index in [2.05, 4.69) is 0 Å². The molecule has 0 heterocycles. The van der Waals surface area contributed by atoms with Crippen LogP contribution in [0, 0.1) is 5.82 Å². The summed E-state index contributed by atoms with van der Waals surface area (Å²) in [6, 6.07) is 8.16. The molecule has 0 saturated heterocycles. The van der Waals surface area contributed by atoms with Gasteiger partial charge in [0.05, 0.1) is 10.6 Å². The number of carbonyl (C=O) groups excluding carboxylic acids is 1. The van der Waals surface area contributed by atoms with Crippen LogP contribution in [0.15, 0.2) is 42.5 Å². The van der Waals surface area contributed by atoms with E-state index in [1.807, 2.05) is 0 Å². The molecule has 0 unspecified atom stereocenters. The van der Waals surface area contributed by atoms with Crippen molar-refractivity contribution in [3.8, 4) is 0 Å². The SMILES string of the molecule is O=C(Cc1ccc(F)c(Cl)c1)c1ccccc1C(F)(F)F. The molecule has 0 fully saturated rings. The second-order valence-corrected chi connectivity index (χ2v) is 4.80. The molecule has 1 nitrogen and oxygen atoms in total. The summed E-state index contributed by atoms with van der Waals surface area (Å²) in [6.07, 6.45) is -4.89. The fourth-order valence-electron chi connectivity index (χ4n) is 1.90. The van der Waals surface area contributed by atoms with Crippen LogP contribution in [0.5, 0.6) is 0 Å². The molecule has 0 N–H and O–H groups in total. The maximum absolute atomic E-state index is 13.0. The molecule has 110 valence electrons. The van der Waals surface area contributed by atoms with Crippen LogP contribution in [-0.4, -0.2) is 5.78 Å². The van der Waals surface area contributed by atoms with Gasteiger partial charge in [-0.1, -0.05) is 35.9 Å². The summed E-state index contributed by atoms with van der Waals surface area (Å²) in [5.74, 6) is -1.35. The molecular formula is C15H9ClF4O. The van der Waals surface area contributed by atoms with Gasteiger partial charge < -0.3 is 0 Å². The van der Waals surface area contributed by atoms with E-state index in [4.69, 9.17) is 11.6 Å². The van der Waals surface area contributed by atoms with Crippen molar-refractivity contribution in [3.63, 3.8) is 0 Å². The number of halogens is 5. The molecule has 0 aromatic heterocycles. The van der Waals surface area contributed by atoms with E-state index in [-0.39, 0.29) is 11.4 Å². The quantitative estimate of drug-likeness (QED) is 0.580. The van der Waals surface area contributed by atoms with Crippen molar-refractivity contribution < 1.29 is 22.4 Å². The van der Waals surface area contributed by atoms with Gasteiger partial charge in [-0.05, 0) is 23.8 Å². The van der Waals surface area contributed by atoms with E-state index in [1.165, 1.54) is 24.3 Å². The minimum absolute atomic E-state index is 0.176. The second-order valence-electron chi connectivity index (χ2n) is 4.39. The van der Waals surface area contributed by atoms with Crippen molar-refractivity contribution in [1.82, 2.24) is 0 Å². The maximum atomic E-state index is 13.0. The van der Waals surface area contributed by atoms with Gasteiger partial charge in [-0.25, -0.2) is 4.39 Å². The van der Waals surface area contributed by atoms with Crippen molar-refractivity contribution in [2.75, 3.05) is 0 Å². The third-order valence-electron chi connectivity index (χ3n) is 2.88. The predicted molar refractivity (Wildman–Crippen MR) is 70.9 cm³/mol. The monoisotopic (exact) mass is 316 g/mol. The molecule has 0 aliphatic rings. The molecular weight excluding hydrogens is 308 g/mol. The normalized spacial score (nSPS) is 11.5. The Kier molecular flexibility index (Phi) is 4.32. The Morgan fingerprint density at radius 1 is 1.10 bits per heavy atom. The first-order valence-electron chi connectivity index (χ1n) is 5.92. The molecule has 2 aromatic rings. The molecule has 0 saturated carbocycles. The van der Waals surface area contributed by atoms with E-state index < -0.39 is 28.9 Å². The van der Waals surface area contributed by atoms with E-state index in [0.29, 0.717) is 5.56 Å². The van der Waals surface area contributed by atoms with Gasteiger partial charge in [0.25, 0.3) is 0 Å². The fourth-order valence-corrected chi connectivity index (χ4v) is 2.11. The Bertz CT molecular complexity index is 680. The Balaban J connectivity index is 2.31. The van der Waals surface area contributed by atoms with Crippen LogP contribution in [-0.2, 0) is 12.6 Å². The van der Waals surface area contributed by atoms with E-state index >= 15 is 0 Å². The lowest BCUT2D eigenvalue weighted by Crippen LogP contribution is -2.14. The Morgan fingerprint density at radius 3 is 2.38 bits per heavy atom. The number of benzene rings is 2. The second kappa shape index (κ2) is 5.85. The van der Waals surface area contributed by atoms with Crippen LogP contribution in [0.2, 0.25) is 5.02 Å². The van der Waals surface area contributed by atoms with Crippen molar-refractivity contribution >= 4 is 17.4 Å². The van der Waals surface area contributed by atoms with Gasteiger partial charge in [0.2, 0.25) is 0 Å². The smallest absolute Gasteiger partial charge is 0.294 e. The van der Waals surface area contributed by atoms with Gasteiger partial charge in [0.1, 0.15) is 5.82 Å². The minimum atomic E-state index is -4.60. The summed E-state index contributed by atoms with van der Waals surface area (Å²) in [5, 5.41) is -0.176. The van der Waals surface area contributed by atoms with Crippen LogP contribution >= 0.6 is 11.6 Å². The van der Waals surface area contributed by atoms with E-state index in [0.717, 1.165) is 18.2 Å². The van der Waals surface area contributed by atoms with Crippen molar-refractivity contribution in [2.24, 2.45) is 0 Å². The molecule has 6 heteroatoms. The van der Waals surface area contributed by atoms with Gasteiger partial charge in [-0.3, -0.25) is 4.79 Å². The summed E-state index contributed by atoms with van der Waals surface area (Å²) < 4.78 is 51.5. The highest BCUT2D eigenvalue weighted by atomic mass is 35.5. The van der Waals surface area contributed by atoms with Crippen LogP contribution in [0.25, 0.3) is 0 Å². The van der Waals surface area contributed by atoms with Crippen LogP contribution in [0.3, 0.4) is 0 Å². The first-order valence-corrected chi connectivity index (χ1v) is 6.30. The van der Waals surface area contributed by atoms with E-state index in [1.54, 1.807) is 0 Å². The highest BCUT2D eigenvalue weighted by Gasteiger charge is 2.34. The summed E-state index contributed by atoms with van der Waals surface area (Å²) >= 11 is 5.58. The molecule has 21 heavy (non-hydrogen) atoms. The molecule has 2 rings (SSSR count). The van der Waals surface area contributed by atoms with Crippen LogP contribution in [0.4, 0.5) is 17.6 Å². The number of Topliss-reactive ketones (excluding diaryl/α,β-unsaturated/α-hetero) is 1. The molecule has 0 radical (unpaired) electrons. The molecule has 2 aromatic carbocycles. The number of rotatable bonds is 3. The number of hydrogen-bond donors (Lipinski definition) is 0. The lowest BCUT2D eigenvalue weighted by atomic mass is 9.98. The lowest BCUT2D eigenvalue weighted by Gasteiger charge is -2.11. The van der Waals surface area contributed by atoms with Crippen molar-refractivity contribution in [3.05, 3.63) is 70.0 Å². The Hall–Kier alpha value is -1.88. The Labute approximate surface area is 123 Å². The number of ketones is 1. The fraction of sp³-hybridized carbons (Fsp3) is 0.133. The van der Waals surface area contributed by atoms with Gasteiger partial charge in [-0.2, -0.15) is 13.2 Å². The molecule has 0 spiro atoms. The van der Waals surface area contributed by atoms with Crippen LogP contribution < -0.4 is 0 Å². The molecule has 0 bridgehead atoms. The highest BCUT2D eigenvalue weighted by molar-refractivity contribution is 6.30. The lowest BCUT2D eigenvalue weighted by molar-refractivity contribution is -0.137. The molecule has 0 aliphatic heterocycles. The zero-order valence-corrected chi connectivity index (χ0v) is 11.3. The Morgan fingerprint density at radius 2 is 1.76 bits per heavy atom. The third-order valence-corrected chi connectivity index (χ3v) is 3.17. The van der Waals surface area contributed by atoms with Crippen LogP contribution in [0.1, 0.15) is 21.5 Å². The number of alkyl halides is 3. The summed E-state index contributed by atoms with van der Waals surface area (Å²) in [5.41, 5.74) is -1.04. The maximum Gasteiger partial charge on any atom is 0.417 e. The van der Waals surface area contributed by atoms with Gasteiger partial charge >= 0.3 is 6.18 Å². The highest BCUT2D eigenvalue weighted by Crippen LogP contribution is 2.32. The molecule has 0 aliphatic carbocycles. The summed E-state index contributed by atoms with van der Waals surface area (Å²) in [4.78, 5) is 12.0. The minimum Gasteiger partial charge on any atom is -0.294 e. The third kappa shape index (κ3) is 3.61. The zero-order valence-electron chi connectivity index (χ0n) is 10.5. The number of carbonyl (C=O) groups is 1. The summed E-state index contributed by atoms with van der Waals surface area (Å²) in [7, 11) is 0. The van der Waals surface area contributed by atoms with Crippen molar-refractivity contribution in [2.45, 2.75) is 12.6 Å². The average molecular weight is 317 g/mol. The van der Waals surface area contributed by atoms with Gasteiger partial charge in [-0.15, -0.1) is 0 Å². The van der Waals surface area contributed by atoms with Crippen molar-refractivity contribution in [1.29, 1.82) is 0 Å². The molecule has 0 amide bonds. The van der Waals surface area contributed by atoms with Gasteiger partial charge in [0, 0.05) is 12.0 Å². The topological polar surface area (TPSA) is 17.1 Å². The zero-order chi connectivity index (χ0) is 15.6. The van der Waals surface area contributed by atoms with Gasteiger partial charge in [0.15, 0.2) is 5.78 Å². The number of hydrogen-bond acceptors (Lipinski definition) is 1. The average Bonchev–Trinajstić information content (AvgIpc) is 2.42. The standard InChI is InChI=1S/C15H9ClF4O/c16-12-7-9(5-6-13(12)17)8-14(21)10-3-1-2-4-11(10)15(18,19)20/h1-7H,8H2. The first-order chi connectivity index (χ1) is 9.79. The first kappa shape index (κ1) is 15.5.